The summed E-state index contributed by atoms with van der Waals surface area (Å²) in [6.07, 6.45) is 5.56. The summed E-state index contributed by atoms with van der Waals surface area (Å²) in [7, 11) is 0. The lowest BCUT2D eigenvalue weighted by atomic mass is 10.1. The van der Waals surface area contributed by atoms with Crippen LogP contribution in [0.3, 0.4) is 0 Å². The molecule has 0 saturated carbocycles. The van der Waals surface area contributed by atoms with Crippen LogP contribution < -0.4 is 5.32 Å². The molecule has 21 heavy (non-hydrogen) atoms. The highest BCUT2D eigenvalue weighted by atomic mass is 15.1. The fourth-order valence-electron chi connectivity index (χ4n) is 2.56. The zero-order valence-corrected chi connectivity index (χ0v) is 11.4. The molecule has 2 aromatic carbocycles. The van der Waals surface area contributed by atoms with Crippen molar-refractivity contribution < 1.29 is 0 Å². The molecule has 2 N–H and O–H groups in total. The van der Waals surface area contributed by atoms with Crippen LogP contribution >= 0.6 is 0 Å². The molecule has 0 aliphatic heterocycles. The summed E-state index contributed by atoms with van der Waals surface area (Å²) >= 11 is 0. The third kappa shape index (κ3) is 2.21. The number of aromatic nitrogens is 3. The van der Waals surface area contributed by atoms with Crippen molar-refractivity contribution in [3.63, 3.8) is 0 Å². The average Bonchev–Trinajstić information content (AvgIpc) is 3.02. The van der Waals surface area contributed by atoms with Crippen LogP contribution in [0.4, 0.5) is 5.69 Å². The van der Waals surface area contributed by atoms with Gasteiger partial charge in [-0.25, -0.2) is 0 Å². The van der Waals surface area contributed by atoms with Gasteiger partial charge in [-0.2, -0.15) is 5.10 Å². The standard InChI is InChI=1S/C17H14N4/c1-2-16(15-11-20-21-17(15)3-1)19-9-12-4-5-14-10-18-7-6-13(14)8-12/h1-8,10-11,19H,9H2,(H,20,21). The van der Waals surface area contributed by atoms with Crippen molar-refractivity contribution in [2.75, 3.05) is 5.32 Å². The van der Waals surface area contributed by atoms with Crippen LogP contribution in [0.5, 0.6) is 0 Å². The quantitative estimate of drug-likeness (QED) is 0.598. The summed E-state index contributed by atoms with van der Waals surface area (Å²) in [6.45, 7) is 0.780. The second-order valence-corrected chi connectivity index (χ2v) is 5.05. The Balaban J connectivity index is 1.61. The van der Waals surface area contributed by atoms with Gasteiger partial charge in [-0.15, -0.1) is 0 Å². The molecule has 0 spiro atoms. The average molecular weight is 274 g/mol. The van der Waals surface area contributed by atoms with Crippen molar-refractivity contribution in [1.82, 2.24) is 15.2 Å². The first-order chi connectivity index (χ1) is 10.4. The Morgan fingerprint density at radius 1 is 1.00 bits per heavy atom. The third-order valence-electron chi connectivity index (χ3n) is 3.67. The molecule has 0 fully saturated rings. The molecule has 0 amide bonds. The van der Waals surface area contributed by atoms with Crippen molar-refractivity contribution in [2.45, 2.75) is 6.54 Å². The fourth-order valence-corrected chi connectivity index (χ4v) is 2.56. The molecule has 4 heteroatoms. The predicted molar refractivity (Wildman–Crippen MR) is 85.2 cm³/mol. The number of H-pyrrole nitrogens is 1. The van der Waals surface area contributed by atoms with E-state index in [4.69, 9.17) is 0 Å². The summed E-state index contributed by atoms with van der Waals surface area (Å²) in [6, 6.07) is 14.6. The molecule has 0 aliphatic carbocycles. The summed E-state index contributed by atoms with van der Waals surface area (Å²) in [5, 5.41) is 14.0. The molecule has 2 heterocycles. The number of hydrogen-bond acceptors (Lipinski definition) is 3. The normalized spacial score (nSPS) is 11.0. The first-order valence-corrected chi connectivity index (χ1v) is 6.89. The highest BCUT2D eigenvalue weighted by Crippen LogP contribution is 2.22. The molecule has 2 aromatic heterocycles. The summed E-state index contributed by atoms with van der Waals surface area (Å²) < 4.78 is 0. The number of rotatable bonds is 3. The highest BCUT2D eigenvalue weighted by molar-refractivity contribution is 5.90. The number of hydrogen-bond donors (Lipinski definition) is 2. The molecule has 0 bridgehead atoms. The summed E-state index contributed by atoms with van der Waals surface area (Å²) in [5.74, 6) is 0. The minimum absolute atomic E-state index is 0.780. The SMILES string of the molecule is c1cc(NCc2ccc3cnccc3c2)c2cn[nH]c2c1. The lowest BCUT2D eigenvalue weighted by Gasteiger charge is -2.08. The molecule has 0 unspecified atom stereocenters. The number of pyridine rings is 1. The van der Waals surface area contributed by atoms with E-state index in [0.717, 1.165) is 28.5 Å². The molecular formula is C17H14N4. The van der Waals surface area contributed by atoms with Gasteiger partial charge in [-0.3, -0.25) is 10.1 Å². The molecular weight excluding hydrogens is 260 g/mol. The number of fused-ring (bicyclic) bond motifs is 2. The molecule has 102 valence electrons. The van der Waals surface area contributed by atoms with Crippen molar-refractivity contribution >= 4 is 27.4 Å². The van der Waals surface area contributed by atoms with Gasteiger partial charge in [0, 0.05) is 35.4 Å². The van der Waals surface area contributed by atoms with Crippen LogP contribution in [0.25, 0.3) is 21.7 Å². The van der Waals surface area contributed by atoms with Crippen LogP contribution in [0, 0.1) is 0 Å². The lowest BCUT2D eigenvalue weighted by Crippen LogP contribution is -1.99. The van der Waals surface area contributed by atoms with Crippen LogP contribution in [0.2, 0.25) is 0 Å². The second-order valence-electron chi connectivity index (χ2n) is 5.05. The van der Waals surface area contributed by atoms with Crippen LogP contribution in [-0.2, 0) is 6.54 Å². The number of nitrogens with zero attached hydrogens (tertiary/aromatic N) is 2. The largest absolute Gasteiger partial charge is 0.380 e. The van der Waals surface area contributed by atoms with Gasteiger partial charge in [0.25, 0.3) is 0 Å². The Labute approximate surface area is 121 Å². The van der Waals surface area contributed by atoms with Crippen molar-refractivity contribution in [3.05, 3.63) is 66.6 Å². The molecule has 0 saturated heterocycles. The van der Waals surface area contributed by atoms with E-state index in [1.165, 1.54) is 10.9 Å². The smallest absolute Gasteiger partial charge is 0.0671 e. The maximum Gasteiger partial charge on any atom is 0.0671 e. The van der Waals surface area contributed by atoms with E-state index in [9.17, 15) is 0 Å². The summed E-state index contributed by atoms with van der Waals surface area (Å²) in [5.41, 5.74) is 3.38. The van der Waals surface area contributed by atoms with Gasteiger partial charge in [0.1, 0.15) is 0 Å². The molecule has 0 atom stereocenters. The number of nitrogens with one attached hydrogen (secondary N) is 2. The van der Waals surface area contributed by atoms with Gasteiger partial charge >= 0.3 is 0 Å². The maximum atomic E-state index is 4.14. The van der Waals surface area contributed by atoms with E-state index < -0.39 is 0 Å². The minimum Gasteiger partial charge on any atom is -0.380 e. The van der Waals surface area contributed by atoms with E-state index in [2.05, 4.69) is 44.8 Å². The van der Waals surface area contributed by atoms with Gasteiger partial charge in [-0.1, -0.05) is 18.2 Å². The van der Waals surface area contributed by atoms with Crippen LogP contribution in [-0.4, -0.2) is 15.2 Å². The van der Waals surface area contributed by atoms with Crippen molar-refractivity contribution in [1.29, 1.82) is 0 Å². The van der Waals surface area contributed by atoms with E-state index in [1.807, 2.05) is 36.8 Å². The Morgan fingerprint density at radius 2 is 2.00 bits per heavy atom. The second kappa shape index (κ2) is 4.90. The van der Waals surface area contributed by atoms with Gasteiger partial charge in [0.15, 0.2) is 0 Å². The number of aromatic amines is 1. The van der Waals surface area contributed by atoms with E-state index in [-0.39, 0.29) is 0 Å². The first kappa shape index (κ1) is 11.9. The molecule has 0 radical (unpaired) electrons. The Hall–Kier alpha value is -2.88. The first-order valence-electron chi connectivity index (χ1n) is 6.89. The zero-order chi connectivity index (χ0) is 14.1. The maximum absolute atomic E-state index is 4.14. The fraction of sp³-hybridized carbons (Fsp3) is 0.0588. The Bertz CT molecular complexity index is 911. The predicted octanol–water partition coefficient (Wildman–Crippen LogP) is 3.72. The van der Waals surface area contributed by atoms with Gasteiger partial charge in [-0.05, 0) is 35.2 Å². The third-order valence-corrected chi connectivity index (χ3v) is 3.67. The Morgan fingerprint density at radius 3 is 3.00 bits per heavy atom. The van der Waals surface area contributed by atoms with Crippen LogP contribution in [0.1, 0.15) is 5.56 Å². The molecule has 4 aromatic rings. The summed E-state index contributed by atoms with van der Waals surface area (Å²) in [4.78, 5) is 4.14. The monoisotopic (exact) mass is 274 g/mol. The minimum atomic E-state index is 0.780. The molecule has 4 nitrogen and oxygen atoms in total. The van der Waals surface area contributed by atoms with E-state index in [1.54, 1.807) is 0 Å². The van der Waals surface area contributed by atoms with Crippen LogP contribution in [0.15, 0.2) is 61.1 Å². The lowest BCUT2D eigenvalue weighted by molar-refractivity contribution is 1.12. The highest BCUT2D eigenvalue weighted by Gasteiger charge is 2.02. The Kier molecular flexibility index (Phi) is 2.78. The van der Waals surface area contributed by atoms with E-state index >= 15 is 0 Å². The van der Waals surface area contributed by atoms with Crippen molar-refractivity contribution in [3.8, 4) is 0 Å². The molecule has 0 aliphatic rings. The number of anilines is 1. The zero-order valence-electron chi connectivity index (χ0n) is 11.4. The van der Waals surface area contributed by atoms with Gasteiger partial charge in [0.05, 0.1) is 11.7 Å². The van der Waals surface area contributed by atoms with Gasteiger partial charge in [0.2, 0.25) is 0 Å². The van der Waals surface area contributed by atoms with Gasteiger partial charge < -0.3 is 5.32 Å². The van der Waals surface area contributed by atoms with Crippen molar-refractivity contribution in [2.24, 2.45) is 0 Å². The number of benzene rings is 2. The molecule has 4 rings (SSSR count). The van der Waals surface area contributed by atoms with E-state index in [0.29, 0.717) is 0 Å². The topological polar surface area (TPSA) is 53.6 Å².